The molecule has 0 unspecified atom stereocenters. The molecule has 0 saturated heterocycles. The summed E-state index contributed by atoms with van der Waals surface area (Å²) in [6.45, 7) is 0.869. The number of aliphatic imine (C=N–C) groups is 1. The van der Waals surface area contributed by atoms with E-state index in [0.29, 0.717) is 24.5 Å². The van der Waals surface area contributed by atoms with E-state index in [2.05, 4.69) is 4.99 Å². The quantitative estimate of drug-likeness (QED) is 0.946. The molecule has 5 heteroatoms. The zero-order valence-corrected chi connectivity index (χ0v) is 11.8. The molecule has 22 heavy (non-hydrogen) atoms. The number of hydrogen-bond acceptors (Lipinski definition) is 3. The van der Waals surface area contributed by atoms with Gasteiger partial charge in [0.25, 0.3) is 0 Å². The Morgan fingerprint density at radius 1 is 1.05 bits per heavy atom. The number of rotatable bonds is 3. The Kier molecular flexibility index (Phi) is 3.87. The third-order valence-electron chi connectivity index (χ3n) is 3.47. The molecule has 0 amide bonds. The Morgan fingerprint density at radius 3 is 2.55 bits per heavy atom. The number of hydrogen-bond donors (Lipinski definition) is 1. The largest absolute Gasteiger partial charge is 0.386 e. The molecule has 0 radical (unpaired) electrons. The second-order valence-electron chi connectivity index (χ2n) is 5.11. The van der Waals surface area contributed by atoms with Crippen molar-refractivity contribution in [3.63, 3.8) is 0 Å². The van der Waals surface area contributed by atoms with Crippen LogP contribution in [0.4, 0.5) is 8.78 Å². The molecule has 1 aliphatic heterocycles. The van der Waals surface area contributed by atoms with Gasteiger partial charge in [0.15, 0.2) is 11.6 Å². The molecule has 1 aliphatic rings. The Labute approximate surface area is 127 Å². The summed E-state index contributed by atoms with van der Waals surface area (Å²) in [5.74, 6) is -1.20. The van der Waals surface area contributed by atoms with Gasteiger partial charge in [0.1, 0.15) is 5.84 Å². The second kappa shape index (κ2) is 5.97. The molecule has 0 aromatic heterocycles. The SMILES string of the molecule is NC1=NC=C(c2ccccc2)N(Cc2ccc(F)c(F)c2)C1. The van der Waals surface area contributed by atoms with E-state index in [9.17, 15) is 8.78 Å². The number of nitrogens with zero attached hydrogens (tertiary/aromatic N) is 2. The summed E-state index contributed by atoms with van der Waals surface area (Å²) in [7, 11) is 0. The molecule has 2 N–H and O–H groups in total. The standard InChI is InChI=1S/C17H15F2N3/c18-14-7-6-12(8-15(14)19)10-22-11-17(20)21-9-16(22)13-4-2-1-3-5-13/h1-9H,10-11H2,(H2,20,21). The number of amidine groups is 1. The minimum Gasteiger partial charge on any atom is -0.386 e. The van der Waals surface area contributed by atoms with Crippen LogP contribution in [-0.2, 0) is 6.54 Å². The van der Waals surface area contributed by atoms with E-state index in [-0.39, 0.29) is 0 Å². The van der Waals surface area contributed by atoms with Crippen molar-refractivity contribution < 1.29 is 8.78 Å². The summed E-state index contributed by atoms with van der Waals surface area (Å²) in [6, 6.07) is 13.7. The van der Waals surface area contributed by atoms with Gasteiger partial charge in [-0.25, -0.2) is 13.8 Å². The van der Waals surface area contributed by atoms with Crippen LogP contribution in [0.2, 0.25) is 0 Å². The van der Waals surface area contributed by atoms with Crippen LogP contribution in [0.1, 0.15) is 11.1 Å². The normalized spacial score (nSPS) is 14.5. The Bertz CT molecular complexity index is 739. The van der Waals surface area contributed by atoms with Gasteiger partial charge in [-0.15, -0.1) is 0 Å². The van der Waals surface area contributed by atoms with Crippen molar-refractivity contribution in [1.82, 2.24) is 4.90 Å². The molecule has 2 aromatic carbocycles. The minimum absolute atomic E-state index is 0.425. The Morgan fingerprint density at radius 2 is 1.82 bits per heavy atom. The average molecular weight is 299 g/mol. The highest BCUT2D eigenvalue weighted by molar-refractivity contribution is 5.87. The number of halogens is 2. The molecule has 2 aromatic rings. The van der Waals surface area contributed by atoms with Gasteiger partial charge in [-0.1, -0.05) is 36.4 Å². The van der Waals surface area contributed by atoms with Crippen LogP contribution in [0.5, 0.6) is 0 Å². The molecule has 3 nitrogen and oxygen atoms in total. The lowest BCUT2D eigenvalue weighted by molar-refractivity contribution is 0.433. The van der Waals surface area contributed by atoms with E-state index < -0.39 is 11.6 Å². The zero-order valence-electron chi connectivity index (χ0n) is 11.8. The third-order valence-corrected chi connectivity index (χ3v) is 3.47. The highest BCUT2D eigenvalue weighted by Gasteiger charge is 2.17. The van der Waals surface area contributed by atoms with E-state index in [4.69, 9.17) is 5.73 Å². The van der Waals surface area contributed by atoms with Gasteiger partial charge < -0.3 is 10.6 Å². The molecule has 1 heterocycles. The van der Waals surface area contributed by atoms with Gasteiger partial charge in [0, 0.05) is 6.54 Å². The number of benzene rings is 2. The third kappa shape index (κ3) is 2.98. The van der Waals surface area contributed by atoms with Crippen molar-refractivity contribution in [3.8, 4) is 0 Å². The van der Waals surface area contributed by atoms with E-state index in [1.165, 1.54) is 6.07 Å². The van der Waals surface area contributed by atoms with Crippen LogP contribution >= 0.6 is 0 Å². The summed E-state index contributed by atoms with van der Waals surface area (Å²) in [4.78, 5) is 6.16. The van der Waals surface area contributed by atoms with Crippen molar-refractivity contribution in [2.75, 3.05) is 6.54 Å². The van der Waals surface area contributed by atoms with Gasteiger partial charge >= 0.3 is 0 Å². The van der Waals surface area contributed by atoms with Crippen molar-refractivity contribution in [3.05, 3.63) is 77.5 Å². The topological polar surface area (TPSA) is 41.6 Å². The van der Waals surface area contributed by atoms with Gasteiger partial charge in [-0.3, -0.25) is 0 Å². The van der Waals surface area contributed by atoms with Crippen LogP contribution < -0.4 is 5.73 Å². The van der Waals surface area contributed by atoms with Crippen LogP contribution in [0, 0.1) is 11.6 Å². The van der Waals surface area contributed by atoms with Gasteiger partial charge in [-0.05, 0) is 23.3 Å². The van der Waals surface area contributed by atoms with Crippen molar-refractivity contribution in [2.45, 2.75) is 6.54 Å². The fraction of sp³-hybridized carbons (Fsp3) is 0.118. The average Bonchev–Trinajstić information content (AvgIpc) is 2.52. The smallest absolute Gasteiger partial charge is 0.159 e. The predicted octanol–water partition coefficient (Wildman–Crippen LogP) is 3.14. The minimum atomic E-state index is -0.846. The maximum absolute atomic E-state index is 13.4. The monoisotopic (exact) mass is 299 g/mol. The van der Waals surface area contributed by atoms with Crippen LogP contribution in [0.25, 0.3) is 5.70 Å². The van der Waals surface area contributed by atoms with Crippen molar-refractivity contribution in [2.24, 2.45) is 10.7 Å². The van der Waals surface area contributed by atoms with Crippen LogP contribution in [0.3, 0.4) is 0 Å². The van der Waals surface area contributed by atoms with Gasteiger partial charge in [0.05, 0.1) is 18.4 Å². The lowest BCUT2D eigenvalue weighted by Crippen LogP contribution is -2.34. The van der Waals surface area contributed by atoms with E-state index in [0.717, 1.165) is 17.3 Å². The van der Waals surface area contributed by atoms with Crippen LogP contribution in [0.15, 0.2) is 59.7 Å². The summed E-state index contributed by atoms with van der Waals surface area (Å²) in [5, 5.41) is 0. The first kappa shape index (κ1) is 14.3. The zero-order chi connectivity index (χ0) is 15.5. The highest BCUT2D eigenvalue weighted by Crippen LogP contribution is 2.24. The Balaban J connectivity index is 1.89. The van der Waals surface area contributed by atoms with E-state index in [1.54, 1.807) is 12.3 Å². The first-order chi connectivity index (χ1) is 10.6. The van der Waals surface area contributed by atoms with Gasteiger partial charge in [0.2, 0.25) is 0 Å². The molecule has 0 atom stereocenters. The predicted molar refractivity (Wildman–Crippen MR) is 82.8 cm³/mol. The first-order valence-electron chi connectivity index (χ1n) is 6.90. The number of nitrogens with two attached hydrogens (primary N) is 1. The molecule has 0 spiro atoms. The summed E-state index contributed by atoms with van der Waals surface area (Å²) < 4.78 is 26.4. The summed E-state index contributed by atoms with van der Waals surface area (Å²) in [6.07, 6.45) is 1.70. The summed E-state index contributed by atoms with van der Waals surface area (Å²) >= 11 is 0. The molecular weight excluding hydrogens is 284 g/mol. The first-order valence-corrected chi connectivity index (χ1v) is 6.90. The molecule has 3 rings (SSSR count). The molecule has 0 aliphatic carbocycles. The fourth-order valence-corrected chi connectivity index (χ4v) is 2.41. The van der Waals surface area contributed by atoms with E-state index >= 15 is 0 Å². The molecular formula is C17H15F2N3. The maximum atomic E-state index is 13.4. The second-order valence-corrected chi connectivity index (χ2v) is 5.11. The molecule has 112 valence electrons. The molecule has 0 fully saturated rings. The Hall–Kier alpha value is -2.69. The van der Waals surface area contributed by atoms with Crippen molar-refractivity contribution in [1.29, 1.82) is 0 Å². The maximum Gasteiger partial charge on any atom is 0.159 e. The summed E-state index contributed by atoms with van der Waals surface area (Å²) in [5.41, 5.74) is 8.38. The lowest BCUT2D eigenvalue weighted by Gasteiger charge is -2.29. The lowest BCUT2D eigenvalue weighted by atomic mass is 10.1. The van der Waals surface area contributed by atoms with Crippen molar-refractivity contribution >= 4 is 11.5 Å². The highest BCUT2D eigenvalue weighted by atomic mass is 19.2. The van der Waals surface area contributed by atoms with Crippen LogP contribution in [-0.4, -0.2) is 17.3 Å². The molecule has 0 bridgehead atoms. The fourth-order valence-electron chi connectivity index (χ4n) is 2.41. The molecule has 0 saturated carbocycles. The van der Waals surface area contributed by atoms with Gasteiger partial charge in [-0.2, -0.15) is 0 Å². The van der Waals surface area contributed by atoms with E-state index in [1.807, 2.05) is 35.2 Å².